The van der Waals surface area contributed by atoms with E-state index in [1.807, 2.05) is 11.9 Å². The molecule has 0 rings (SSSR count). The van der Waals surface area contributed by atoms with Crippen molar-refractivity contribution in [2.45, 2.75) is 33.6 Å². The summed E-state index contributed by atoms with van der Waals surface area (Å²) in [5, 5.41) is 3.11. The van der Waals surface area contributed by atoms with Gasteiger partial charge in [-0.05, 0) is 44.7 Å². The number of ether oxygens (including phenoxy) is 1. The maximum absolute atomic E-state index is 12.3. The summed E-state index contributed by atoms with van der Waals surface area (Å²) in [7, 11) is 2.69. The summed E-state index contributed by atoms with van der Waals surface area (Å²) in [5.41, 5.74) is 0.134. The zero-order valence-electron chi connectivity index (χ0n) is 15.1. The average molecular weight is 381 g/mol. The number of hydrogen-bond donors (Lipinski definition) is 2. The van der Waals surface area contributed by atoms with Crippen molar-refractivity contribution in [3.63, 3.8) is 0 Å². The zero-order chi connectivity index (χ0) is 17.9. The van der Waals surface area contributed by atoms with E-state index >= 15 is 0 Å². The topological polar surface area (TPSA) is 41.6 Å². The van der Waals surface area contributed by atoms with Crippen molar-refractivity contribution in [1.29, 1.82) is 0 Å². The molecule has 1 N–H and O–H groups in total. The van der Waals surface area contributed by atoms with Crippen molar-refractivity contribution in [3.8, 4) is 0 Å². The number of thiol groups is 1. The van der Waals surface area contributed by atoms with Gasteiger partial charge in [-0.3, -0.25) is 4.79 Å². The van der Waals surface area contributed by atoms with Crippen LogP contribution in [0, 0.1) is 11.3 Å². The van der Waals surface area contributed by atoms with E-state index in [1.165, 1.54) is 0 Å². The lowest BCUT2D eigenvalue weighted by Gasteiger charge is -2.26. The van der Waals surface area contributed by atoms with Gasteiger partial charge in [-0.2, -0.15) is 0 Å². The first-order valence-electron chi connectivity index (χ1n) is 8.15. The van der Waals surface area contributed by atoms with E-state index < -0.39 is 0 Å². The van der Waals surface area contributed by atoms with Crippen LogP contribution in [0.15, 0.2) is 0 Å². The van der Waals surface area contributed by atoms with E-state index in [-0.39, 0.29) is 17.3 Å². The van der Waals surface area contributed by atoms with Gasteiger partial charge >= 0.3 is 5.97 Å². The standard InChI is InChI=1S/C16H33N2O2PS2/c1-16(2,3)11-13(12-21-5)14(19)20-10-9-18(15(22)23)8-6-7-17-4/h13,17,21H,6-12H2,1-5H3,(H,22,23). The van der Waals surface area contributed by atoms with E-state index in [4.69, 9.17) is 17.0 Å². The summed E-state index contributed by atoms with van der Waals surface area (Å²) >= 11 is 9.39. The Kier molecular flexibility index (Phi) is 12.5. The van der Waals surface area contributed by atoms with Crippen molar-refractivity contribution in [3.05, 3.63) is 0 Å². The average Bonchev–Trinajstić information content (AvgIpc) is 2.43. The Hall–Kier alpha value is 0.100. The third-order valence-electron chi connectivity index (χ3n) is 3.37. The smallest absolute Gasteiger partial charge is 0.309 e. The first-order chi connectivity index (χ1) is 10.7. The minimum absolute atomic E-state index is 0.000900. The molecule has 2 atom stereocenters. The quantitative estimate of drug-likeness (QED) is 0.190. The molecule has 0 aromatic heterocycles. The number of carbonyl (C=O) groups excluding carboxylic acids is 1. The molecule has 0 aromatic carbocycles. The molecule has 7 heteroatoms. The summed E-state index contributed by atoms with van der Waals surface area (Å²) in [5.74, 6) is -0.0754. The zero-order valence-corrected chi connectivity index (χ0v) is 17.9. The summed E-state index contributed by atoms with van der Waals surface area (Å²) < 4.78 is 6.06. The van der Waals surface area contributed by atoms with Gasteiger partial charge in [-0.1, -0.05) is 33.0 Å². The van der Waals surface area contributed by atoms with Crippen LogP contribution in [-0.2, 0) is 9.53 Å². The highest BCUT2D eigenvalue weighted by Crippen LogP contribution is 2.28. The van der Waals surface area contributed by atoms with E-state index in [0.717, 1.165) is 40.7 Å². The van der Waals surface area contributed by atoms with Crippen LogP contribution in [0.1, 0.15) is 33.6 Å². The maximum atomic E-state index is 12.3. The van der Waals surface area contributed by atoms with Crippen LogP contribution in [-0.4, -0.2) is 61.3 Å². The summed E-state index contributed by atoms with van der Waals surface area (Å²) in [6.45, 7) is 11.3. The number of esters is 1. The molecule has 0 aliphatic heterocycles. The molecular formula is C16H33N2O2PS2. The molecule has 4 nitrogen and oxygen atoms in total. The van der Waals surface area contributed by atoms with Crippen LogP contribution in [0.25, 0.3) is 0 Å². The third-order valence-corrected chi connectivity index (χ3v) is 4.82. The minimum Gasteiger partial charge on any atom is -0.464 e. The molecule has 0 amide bonds. The highest BCUT2D eigenvalue weighted by atomic mass is 32.1. The molecule has 0 aliphatic carbocycles. The molecular weight excluding hydrogens is 347 g/mol. The second-order valence-corrected chi connectivity index (χ2v) is 9.14. The molecule has 2 unspecified atom stereocenters. The Balaban J connectivity index is 4.33. The summed E-state index contributed by atoms with van der Waals surface area (Å²) in [4.78, 5) is 14.3. The van der Waals surface area contributed by atoms with Gasteiger partial charge in [0, 0.05) is 6.54 Å². The van der Waals surface area contributed by atoms with Gasteiger partial charge in [0.1, 0.15) is 10.9 Å². The third kappa shape index (κ3) is 12.2. The highest BCUT2D eigenvalue weighted by Gasteiger charge is 2.25. The fourth-order valence-corrected chi connectivity index (χ4v) is 3.53. The second-order valence-electron chi connectivity index (χ2n) is 6.91. The van der Waals surface area contributed by atoms with Crippen LogP contribution in [0.3, 0.4) is 0 Å². The molecule has 136 valence electrons. The Morgan fingerprint density at radius 3 is 2.52 bits per heavy atom. The van der Waals surface area contributed by atoms with Gasteiger partial charge in [-0.15, -0.1) is 21.2 Å². The van der Waals surface area contributed by atoms with E-state index in [2.05, 4.69) is 45.4 Å². The Morgan fingerprint density at radius 1 is 1.39 bits per heavy atom. The Bertz CT molecular complexity index is 362. The predicted molar refractivity (Wildman–Crippen MR) is 109 cm³/mol. The first-order valence-corrected chi connectivity index (χ1v) is 10.7. The maximum Gasteiger partial charge on any atom is 0.309 e. The Labute approximate surface area is 154 Å². The SMILES string of the molecule is CNCCCN(CCOC(=O)C(CPC)CC(C)(C)C)C(=S)S. The normalized spacial score (nSPS) is 13.3. The fourth-order valence-electron chi connectivity index (χ4n) is 2.35. The van der Waals surface area contributed by atoms with Gasteiger partial charge < -0.3 is 15.0 Å². The number of rotatable bonds is 11. The molecule has 0 radical (unpaired) electrons. The van der Waals surface area contributed by atoms with Crippen molar-refractivity contribution >= 4 is 43.7 Å². The van der Waals surface area contributed by atoms with E-state index in [1.54, 1.807) is 0 Å². The van der Waals surface area contributed by atoms with Gasteiger partial charge in [0.05, 0.1) is 12.5 Å². The molecule has 0 fully saturated rings. The van der Waals surface area contributed by atoms with Crippen LogP contribution in [0.5, 0.6) is 0 Å². The fraction of sp³-hybridized carbons (Fsp3) is 0.875. The number of carbonyl (C=O) groups is 1. The molecule has 0 heterocycles. The number of nitrogens with one attached hydrogen (secondary N) is 1. The van der Waals surface area contributed by atoms with Crippen LogP contribution >= 0.6 is 33.4 Å². The van der Waals surface area contributed by atoms with Crippen LogP contribution in [0.2, 0.25) is 0 Å². The molecule has 0 bridgehead atoms. The number of hydrogen-bond acceptors (Lipinski definition) is 4. The predicted octanol–water partition coefficient (Wildman–Crippen LogP) is 3.02. The molecule has 23 heavy (non-hydrogen) atoms. The largest absolute Gasteiger partial charge is 0.464 e. The number of thiocarbonyl (C=S) groups is 1. The minimum atomic E-state index is -0.0745. The van der Waals surface area contributed by atoms with Gasteiger partial charge in [0.25, 0.3) is 0 Å². The number of nitrogens with zero attached hydrogens (tertiary/aromatic N) is 1. The van der Waals surface area contributed by atoms with Crippen molar-refractivity contribution in [2.75, 3.05) is 46.1 Å². The van der Waals surface area contributed by atoms with Crippen LogP contribution < -0.4 is 5.32 Å². The van der Waals surface area contributed by atoms with E-state index in [0.29, 0.717) is 17.5 Å². The molecule has 0 spiro atoms. The van der Waals surface area contributed by atoms with Crippen molar-refractivity contribution < 1.29 is 9.53 Å². The van der Waals surface area contributed by atoms with Crippen LogP contribution in [0.4, 0.5) is 0 Å². The highest BCUT2D eigenvalue weighted by molar-refractivity contribution is 8.10. The lowest BCUT2D eigenvalue weighted by Crippen LogP contribution is -2.34. The Morgan fingerprint density at radius 2 is 2.04 bits per heavy atom. The lowest BCUT2D eigenvalue weighted by atomic mass is 9.85. The van der Waals surface area contributed by atoms with Crippen molar-refractivity contribution in [2.24, 2.45) is 11.3 Å². The molecule has 0 aliphatic rings. The lowest BCUT2D eigenvalue weighted by molar-refractivity contribution is -0.148. The molecule has 0 aromatic rings. The molecule has 0 saturated heterocycles. The summed E-state index contributed by atoms with van der Waals surface area (Å²) in [6.07, 6.45) is 2.76. The van der Waals surface area contributed by atoms with Gasteiger partial charge in [-0.25, -0.2) is 0 Å². The summed E-state index contributed by atoms with van der Waals surface area (Å²) in [6, 6.07) is 0. The van der Waals surface area contributed by atoms with Gasteiger partial charge in [0.2, 0.25) is 0 Å². The first kappa shape index (κ1) is 23.1. The van der Waals surface area contributed by atoms with Gasteiger partial charge in [0.15, 0.2) is 0 Å². The molecule has 0 saturated carbocycles. The monoisotopic (exact) mass is 380 g/mol. The van der Waals surface area contributed by atoms with E-state index in [9.17, 15) is 4.79 Å². The van der Waals surface area contributed by atoms with Crippen molar-refractivity contribution in [1.82, 2.24) is 10.2 Å². The second kappa shape index (κ2) is 12.5.